The number of imidazole rings is 1. The molecule has 1 aliphatic heterocycles. The summed E-state index contributed by atoms with van der Waals surface area (Å²) in [6.45, 7) is 0.0653. The molecule has 0 bridgehead atoms. The first-order valence-electron chi connectivity index (χ1n) is 4.12. The Labute approximate surface area is 77.6 Å². The SMILES string of the molecule is O=C1Cn2c(=O)[nH]c3cncc(c32)N1. The highest BCUT2D eigenvalue weighted by Crippen LogP contribution is 2.22. The van der Waals surface area contributed by atoms with E-state index in [0.717, 1.165) is 0 Å². The van der Waals surface area contributed by atoms with Crippen molar-refractivity contribution in [2.24, 2.45) is 0 Å². The second kappa shape index (κ2) is 2.22. The molecule has 0 saturated heterocycles. The predicted molar refractivity (Wildman–Crippen MR) is 49.0 cm³/mol. The first-order valence-corrected chi connectivity index (χ1v) is 4.12. The average molecular weight is 190 g/mol. The molecule has 0 radical (unpaired) electrons. The molecular weight excluding hydrogens is 184 g/mol. The molecule has 2 aromatic rings. The van der Waals surface area contributed by atoms with E-state index < -0.39 is 0 Å². The molecule has 0 aliphatic carbocycles. The lowest BCUT2D eigenvalue weighted by Gasteiger charge is -2.13. The quantitative estimate of drug-likeness (QED) is 0.597. The normalized spacial score (nSPS) is 14.4. The van der Waals surface area contributed by atoms with Crippen molar-refractivity contribution in [2.45, 2.75) is 6.54 Å². The number of rotatable bonds is 0. The van der Waals surface area contributed by atoms with Crippen LogP contribution in [0.4, 0.5) is 5.69 Å². The smallest absolute Gasteiger partial charge is 0.321 e. The molecule has 14 heavy (non-hydrogen) atoms. The van der Waals surface area contributed by atoms with Crippen molar-refractivity contribution in [1.82, 2.24) is 14.5 Å². The summed E-state index contributed by atoms with van der Waals surface area (Å²) in [4.78, 5) is 29.1. The van der Waals surface area contributed by atoms with Gasteiger partial charge >= 0.3 is 5.69 Å². The Morgan fingerprint density at radius 3 is 3.07 bits per heavy atom. The highest BCUT2D eigenvalue weighted by Gasteiger charge is 2.19. The van der Waals surface area contributed by atoms with E-state index in [0.29, 0.717) is 16.7 Å². The minimum absolute atomic E-state index is 0.0653. The van der Waals surface area contributed by atoms with Gasteiger partial charge in [-0.1, -0.05) is 0 Å². The number of aromatic amines is 1. The molecule has 3 rings (SSSR count). The molecular formula is C8H6N4O2. The number of carbonyl (C=O) groups excluding carboxylic acids is 1. The summed E-state index contributed by atoms with van der Waals surface area (Å²) >= 11 is 0. The van der Waals surface area contributed by atoms with Crippen LogP contribution in [0.2, 0.25) is 0 Å². The van der Waals surface area contributed by atoms with Crippen LogP contribution < -0.4 is 11.0 Å². The molecule has 0 aromatic carbocycles. The number of nitrogens with zero attached hydrogens (tertiary/aromatic N) is 2. The molecule has 0 saturated carbocycles. The average Bonchev–Trinajstić information content (AvgIpc) is 2.45. The maximum absolute atomic E-state index is 11.4. The number of anilines is 1. The Bertz CT molecular complexity index is 595. The number of H-pyrrole nitrogens is 1. The highest BCUT2D eigenvalue weighted by atomic mass is 16.2. The molecule has 6 nitrogen and oxygen atoms in total. The third kappa shape index (κ3) is 0.769. The summed E-state index contributed by atoms with van der Waals surface area (Å²) in [5.41, 5.74) is 1.67. The summed E-state index contributed by atoms with van der Waals surface area (Å²) in [5, 5.41) is 2.66. The van der Waals surface area contributed by atoms with Gasteiger partial charge in [-0.2, -0.15) is 0 Å². The lowest BCUT2D eigenvalue weighted by atomic mass is 10.3. The van der Waals surface area contributed by atoms with Crippen LogP contribution in [0.25, 0.3) is 11.0 Å². The van der Waals surface area contributed by atoms with E-state index in [2.05, 4.69) is 15.3 Å². The van der Waals surface area contributed by atoms with Gasteiger partial charge in [0.25, 0.3) is 0 Å². The number of hydrogen-bond donors (Lipinski definition) is 2. The molecule has 0 unspecified atom stereocenters. The molecule has 0 atom stereocenters. The fourth-order valence-corrected chi connectivity index (χ4v) is 1.70. The van der Waals surface area contributed by atoms with Crippen LogP contribution in [0.5, 0.6) is 0 Å². The second-order valence-corrected chi connectivity index (χ2v) is 3.15. The van der Waals surface area contributed by atoms with Crippen LogP contribution in [-0.2, 0) is 11.3 Å². The fraction of sp³-hybridized carbons (Fsp3) is 0.125. The fourth-order valence-electron chi connectivity index (χ4n) is 1.70. The van der Waals surface area contributed by atoms with Crippen molar-refractivity contribution in [1.29, 1.82) is 0 Å². The van der Waals surface area contributed by atoms with Crippen molar-refractivity contribution in [2.75, 3.05) is 5.32 Å². The molecule has 0 fully saturated rings. The van der Waals surface area contributed by atoms with Crippen LogP contribution in [0.3, 0.4) is 0 Å². The first-order chi connectivity index (χ1) is 6.75. The predicted octanol–water partition coefficient (Wildman–Crippen LogP) is -0.323. The Hall–Kier alpha value is -2.11. The number of nitrogens with one attached hydrogen (secondary N) is 2. The maximum atomic E-state index is 11.4. The van der Waals surface area contributed by atoms with E-state index >= 15 is 0 Å². The third-order valence-corrected chi connectivity index (χ3v) is 2.25. The van der Waals surface area contributed by atoms with Crippen molar-refractivity contribution in [3.8, 4) is 0 Å². The largest absolute Gasteiger partial charge is 0.327 e. The van der Waals surface area contributed by atoms with Gasteiger partial charge in [-0.3, -0.25) is 14.3 Å². The van der Waals surface area contributed by atoms with Crippen molar-refractivity contribution >= 4 is 22.6 Å². The second-order valence-electron chi connectivity index (χ2n) is 3.15. The van der Waals surface area contributed by atoms with Gasteiger partial charge in [0, 0.05) is 0 Å². The zero-order chi connectivity index (χ0) is 9.71. The molecule has 0 spiro atoms. The summed E-state index contributed by atoms with van der Waals surface area (Å²) < 4.78 is 1.41. The summed E-state index contributed by atoms with van der Waals surface area (Å²) in [6, 6.07) is 0. The summed E-state index contributed by atoms with van der Waals surface area (Å²) in [5.74, 6) is -0.200. The van der Waals surface area contributed by atoms with Gasteiger partial charge in [0.1, 0.15) is 6.54 Å². The van der Waals surface area contributed by atoms with E-state index in [1.54, 1.807) is 6.20 Å². The first kappa shape index (κ1) is 7.31. The minimum atomic E-state index is -0.274. The van der Waals surface area contributed by atoms with E-state index in [9.17, 15) is 9.59 Å². The van der Waals surface area contributed by atoms with Crippen molar-refractivity contribution in [3.63, 3.8) is 0 Å². The maximum Gasteiger partial charge on any atom is 0.327 e. The Morgan fingerprint density at radius 1 is 1.36 bits per heavy atom. The lowest BCUT2D eigenvalue weighted by Crippen LogP contribution is -2.29. The molecule has 6 heteroatoms. The monoisotopic (exact) mass is 190 g/mol. The Morgan fingerprint density at radius 2 is 2.21 bits per heavy atom. The number of aromatic nitrogens is 3. The summed E-state index contributed by atoms with van der Waals surface area (Å²) in [7, 11) is 0. The topological polar surface area (TPSA) is 79.8 Å². The molecule has 2 aromatic heterocycles. The Kier molecular flexibility index (Phi) is 1.16. The lowest BCUT2D eigenvalue weighted by molar-refractivity contribution is -0.116. The standard InChI is InChI=1S/C8H6N4O2/c13-6-3-12-7-4(10-6)1-9-2-5(7)11-8(12)14/h1-2H,3H2,(H,10,13)(H,11,14). The van der Waals surface area contributed by atoms with Gasteiger partial charge in [0.2, 0.25) is 5.91 Å². The van der Waals surface area contributed by atoms with Gasteiger partial charge in [-0.15, -0.1) is 0 Å². The van der Waals surface area contributed by atoms with E-state index in [1.165, 1.54) is 10.8 Å². The van der Waals surface area contributed by atoms with Gasteiger partial charge in [-0.25, -0.2) is 4.79 Å². The number of hydrogen-bond acceptors (Lipinski definition) is 3. The van der Waals surface area contributed by atoms with Gasteiger partial charge in [-0.05, 0) is 0 Å². The zero-order valence-electron chi connectivity index (χ0n) is 7.07. The van der Waals surface area contributed by atoms with Crippen LogP contribution >= 0.6 is 0 Å². The summed E-state index contributed by atoms with van der Waals surface area (Å²) in [6.07, 6.45) is 3.09. The van der Waals surface area contributed by atoms with E-state index in [4.69, 9.17) is 0 Å². The molecule has 3 heterocycles. The van der Waals surface area contributed by atoms with Crippen molar-refractivity contribution in [3.05, 3.63) is 22.9 Å². The van der Waals surface area contributed by atoms with Crippen LogP contribution in [-0.4, -0.2) is 20.4 Å². The zero-order valence-corrected chi connectivity index (χ0v) is 7.07. The molecule has 2 N–H and O–H groups in total. The van der Waals surface area contributed by atoms with Gasteiger partial charge < -0.3 is 10.3 Å². The van der Waals surface area contributed by atoms with Gasteiger partial charge in [0.15, 0.2) is 0 Å². The third-order valence-electron chi connectivity index (χ3n) is 2.25. The Balaban J connectivity index is 2.53. The van der Waals surface area contributed by atoms with E-state index in [1.807, 2.05) is 0 Å². The number of amides is 1. The van der Waals surface area contributed by atoms with Crippen LogP contribution in [0.1, 0.15) is 0 Å². The van der Waals surface area contributed by atoms with E-state index in [-0.39, 0.29) is 18.1 Å². The molecule has 70 valence electrons. The van der Waals surface area contributed by atoms with Gasteiger partial charge in [0.05, 0.1) is 29.1 Å². The number of carbonyl (C=O) groups is 1. The molecule has 1 amide bonds. The van der Waals surface area contributed by atoms with Crippen LogP contribution in [0, 0.1) is 0 Å². The van der Waals surface area contributed by atoms with Crippen molar-refractivity contribution < 1.29 is 4.79 Å². The van der Waals surface area contributed by atoms with Crippen LogP contribution in [0.15, 0.2) is 17.2 Å². The minimum Gasteiger partial charge on any atom is -0.321 e. The highest BCUT2D eigenvalue weighted by molar-refractivity contribution is 6.02. The molecule has 1 aliphatic rings. The number of pyridine rings is 1.